The van der Waals surface area contributed by atoms with Gasteiger partial charge in [0.15, 0.2) is 0 Å². The number of carbonyl (C=O) groups is 1. The number of benzene rings is 1. The third kappa shape index (κ3) is 3.61. The number of ether oxygens (including phenoxy) is 1. The second-order valence-electron chi connectivity index (χ2n) is 6.22. The lowest BCUT2D eigenvalue weighted by molar-refractivity contribution is -0.122. The molecular weight excluding hydrogens is 302 g/mol. The van der Waals surface area contributed by atoms with Crippen molar-refractivity contribution in [2.24, 2.45) is 0 Å². The van der Waals surface area contributed by atoms with E-state index in [-0.39, 0.29) is 11.9 Å². The van der Waals surface area contributed by atoms with Crippen LogP contribution in [-0.2, 0) is 24.2 Å². The fourth-order valence-electron chi connectivity index (χ4n) is 3.41. The number of imidazole rings is 1. The summed E-state index contributed by atoms with van der Waals surface area (Å²) in [6.45, 7) is 2.75. The molecule has 1 atom stereocenters. The van der Waals surface area contributed by atoms with Crippen molar-refractivity contribution in [1.29, 1.82) is 0 Å². The zero-order chi connectivity index (χ0) is 16.9. The first kappa shape index (κ1) is 16.6. The monoisotopic (exact) mass is 327 g/mol. The molecule has 2 aromatic rings. The maximum atomic E-state index is 12.4. The number of hydrogen-bond acceptors (Lipinski definition) is 3. The third-order valence-electron chi connectivity index (χ3n) is 4.70. The van der Waals surface area contributed by atoms with E-state index in [0.717, 1.165) is 37.3 Å². The van der Waals surface area contributed by atoms with Crippen LogP contribution in [0.4, 0.5) is 0 Å². The summed E-state index contributed by atoms with van der Waals surface area (Å²) in [6, 6.07) is 6.26. The Morgan fingerprint density at radius 1 is 1.46 bits per heavy atom. The number of aromatic nitrogens is 2. The molecule has 0 bridgehead atoms. The van der Waals surface area contributed by atoms with E-state index >= 15 is 0 Å². The van der Waals surface area contributed by atoms with Gasteiger partial charge in [-0.15, -0.1) is 0 Å². The minimum Gasteiger partial charge on any atom is -0.497 e. The first-order chi connectivity index (χ1) is 11.7. The summed E-state index contributed by atoms with van der Waals surface area (Å²) in [7, 11) is 1.68. The summed E-state index contributed by atoms with van der Waals surface area (Å²) >= 11 is 0. The van der Waals surface area contributed by atoms with E-state index in [1.165, 1.54) is 11.1 Å². The molecule has 1 aromatic heterocycles. The van der Waals surface area contributed by atoms with E-state index < -0.39 is 0 Å². The number of nitrogens with one attached hydrogen (secondary N) is 1. The number of hydrogen-bond donors (Lipinski definition) is 1. The van der Waals surface area contributed by atoms with Crippen molar-refractivity contribution in [3.05, 3.63) is 47.5 Å². The molecular formula is C19H25N3O2. The van der Waals surface area contributed by atoms with E-state index in [2.05, 4.69) is 33.9 Å². The first-order valence-corrected chi connectivity index (χ1v) is 8.67. The van der Waals surface area contributed by atoms with Gasteiger partial charge in [-0.1, -0.05) is 13.0 Å². The molecule has 24 heavy (non-hydrogen) atoms. The quantitative estimate of drug-likeness (QED) is 0.887. The van der Waals surface area contributed by atoms with Crippen LogP contribution in [0.2, 0.25) is 0 Å². The van der Waals surface area contributed by atoms with Crippen molar-refractivity contribution in [2.75, 3.05) is 7.11 Å². The fraction of sp³-hybridized carbons (Fsp3) is 0.474. The van der Waals surface area contributed by atoms with Crippen LogP contribution in [0.5, 0.6) is 5.75 Å². The minimum atomic E-state index is 0.0967. The number of rotatable bonds is 6. The first-order valence-electron chi connectivity index (χ1n) is 8.67. The predicted octanol–water partition coefficient (Wildman–Crippen LogP) is 3.04. The van der Waals surface area contributed by atoms with Gasteiger partial charge < -0.3 is 14.6 Å². The molecule has 0 spiro atoms. The molecule has 1 aromatic carbocycles. The standard InChI is InChI=1S/C19H25N3O2/c1-3-18-20-10-12-22(18)11-9-19(23)21-17-6-4-5-14-13-15(24-2)7-8-16(14)17/h7-8,10,12-13,17H,3-6,9,11H2,1-2H3,(H,21,23)/t17-/m1/s1. The second-order valence-corrected chi connectivity index (χ2v) is 6.22. The molecule has 1 heterocycles. The normalized spacial score (nSPS) is 16.5. The smallest absolute Gasteiger partial charge is 0.222 e. The van der Waals surface area contributed by atoms with Gasteiger partial charge in [0.05, 0.1) is 13.2 Å². The van der Waals surface area contributed by atoms with Gasteiger partial charge in [-0.3, -0.25) is 4.79 Å². The maximum absolute atomic E-state index is 12.4. The number of amides is 1. The highest BCUT2D eigenvalue weighted by Gasteiger charge is 2.22. The average Bonchev–Trinajstić information content (AvgIpc) is 3.07. The van der Waals surface area contributed by atoms with E-state index in [0.29, 0.717) is 13.0 Å². The van der Waals surface area contributed by atoms with Gasteiger partial charge in [0.2, 0.25) is 5.91 Å². The highest BCUT2D eigenvalue weighted by molar-refractivity contribution is 5.76. The number of nitrogens with zero attached hydrogens (tertiary/aromatic N) is 2. The van der Waals surface area contributed by atoms with Crippen LogP contribution in [0.1, 0.15) is 49.2 Å². The Hall–Kier alpha value is -2.30. The van der Waals surface area contributed by atoms with Gasteiger partial charge in [-0.2, -0.15) is 0 Å². The number of carbonyl (C=O) groups excluding carboxylic acids is 1. The third-order valence-corrected chi connectivity index (χ3v) is 4.70. The summed E-state index contributed by atoms with van der Waals surface area (Å²) in [5.41, 5.74) is 2.51. The zero-order valence-electron chi connectivity index (χ0n) is 14.4. The SMILES string of the molecule is CCc1nccn1CCC(=O)N[C@@H]1CCCc2cc(OC)ccc21. The van der Waals surface area contributed by atoms with Crippen LogP contribution < -0.4 is 10.1 Å². The van der Waals surface area contributed by atoms with Crippen LogP contribution in [0.3, 0.4) is 0 Å². The Bertz CT molecular complexity index is 708. The highest BCUT2D eigenvalue weighted by atomic mass is 16.5. The zero-order valence-corrected chi connectivity index (χ0v) is 14.4. The Labute approximate surface area is 143 Å². The molecule has 3 rings (SSSR count). The summed E-state index contributed by atoms with van der Waals surface area (Å²) < 4.78 is 7.36. The molecule has 1 aliphatic rings. The Morgan fingerprint density at radius 2 is 2.33 bits per heavy atom. The van der Waals surface area contributed by atoms with E-state index in [1.54, 1.807) is 13.3 Å². The van der Waals surface area contributed by atoms with Gasteiger partial charge in [0.25, 0.3) is 0 Å². The molecule has 0 fully saturated rings. The highest BCUT2D eigenvalue weighted by Crippen LogP contribution is 2.32. The van der Waals surface area contributed by atoms with Crippen molar-refractivity contribution < 1.29 is 9.53 Å². The molecule has 0 unspecified atom stereocenters. The topological polar surface area (TPSA) is 56.2 Å². The van der Waals surface area contributed by atoms with Gasteiger partial charge in [0, 0.05) is 31.8 Å². The molecule has 5 heteroatoms. The Balaban J connectivity index is 1.61. The van der Waals surface area contributed by atoms with Crippen LogP contribution in [-0.4, -0.2) is 22.6 Å². The van der Waals surface area contributed by atoms with Gasteiger partial charge >= 0.3 is 0 Å². The summed E-state index contributed by atoms with van der Waals surface area (Å²) in [4.78, 5) is 16.7. The summed E-state index contributed by atoms with van der Waals surface area (Å²) in [6.07, 6.45) is 8.23. The van der Waals surface area contributed by atoms with Gasteiger partial charge in [-0.05, 0) is 42.5 Å². The van der Waals surface area contributed by atoms with Crippen molar-refractivity contribution >= 4 is 5.91 Å². The molecule has 0 saturated heterocycles. The number of fused-ring (bicyclic) bond motifs is 1. The summed E-state index contributed by atoms with van der Waals surface area (Å²) in [5, 5.41) is 3.20. The lowest BCUT2D eigenvalue weighted by atomic mass is 9.87. The molecule has 1 amide bonds. The lowest BCUT2D eigenvalue weighted by Gasteiger charge is -2.27. The van der Waals surface area contributed by atoms with E-state index in [1.807, 2.05) is 12.3 Å². The van der Waals surface area contributed by atoms with Crippen molar-refractivity contribution in [3.8, 4) is 5.75 Å². The van der Waals surface area contributed by atoms with Crippen LogP contribution in [0.15, 0.2) is 30.6 Å². The second kappa shape index (κ2) is 7.51. The summed E-state index contributed by atoms with van der Waals surface area (Å²) in [5.74, 6) is 2.00. The maximum Gasteiger partial charge on any atom is 0.222 e. The number of aryl methyl sites for hydroxylation is 3. The minimum absolute atomic E-state index is 0.0967. The Kier molecular flexibility index (Phi) is 5.18. The molecule has 1 aliphatic carbocycles. The lowest BCUT2D eigenvalue weighted by Crippen LogP contribution is -2.31. The van der Waals surface area contributed by atoms with Crippen molar-refractivity contribution in [3.63, 3.8) is 0 Å². The molecule has 128 valence electrons. The predicted molar refractivity (Wildman–Crippen MR) is 93.0 cm³/mol. The van der Waals surface area contributed by atoms with E-state index in [9.17, 15) is 4.79 Å². The largest absolute Gasteiger partial charge is 0.497 e. The average molecular weight is 327 g/mol. The molecule has 0 radical (unpaired) electrons. The molecule has 0 saturated carbocycles. The van der Waals surface area contributed by atoms with Crippen LogP contribution in [0, 0.1) is 0 Å². The van der Waals surface area contributed by atoms with Crippen molar-refractivity contribution in [2.45, 2.75) is 51.6 Å². The molecule has 0 aliphatic heterocycles. The van der Waals surface area contributed by atoms with Gasteiger partial charge in [-0.25, -0.2) is 4.98 Å². The van der Waals surface area contributed by atoms with Crippen LogP contribution >= 0.6 is 0 Å². The van der Waals surface area contributed by atoms with E-state index in [4.69, 9.17) is 4.74 Å². The fourth-order valence-corrected chi connectivity index (χ4v) is 3.41. The Morgan fingerprint density at radius 3 is 3.12 bits per heavy atom. The number of methoxy groups -OCH3 is 1. The van der Waals surface area contributed by atoms with Crippen molar-refractivity contribution in [1.82, 2.24) is 14.9 Å². The van der Waals surface area contributed by atoms with Gasteiger partial charge in [0.1, 0.15) is 11.6 Å². The molecule has 5 nitrogen and oxygen atoms in total. The molecule has 1 N–H and O–H groups in total. The van der Waals surface area contributed by atoms with Crippen LogP contribution in [0.25, 0.3) is 0 Å².